The van der Waals surface area contributed by atoms with Gasteiger partial charge >= 0.3 is 0 Å². The second-order valence-electron chi connectivity index (χ2n) is 7.53. The van der Waals surface area contributed by atoms with Gasteiger partial charge in [-0.05, 0) is 85.0 Å². The normalized spacial score (nSPS) is 15.3. The quantitative estimate of drug-likeness (QED) is 0.374. The Morgan fingerprint density at radius 3 is 2.09 bits per heavy atom. The second kappa shape index (κ2) is 10.7. The van der Waals surface area contributed by atoms with Gasteiger partial charge in [-0.3, -0.25) is 24.7 Å². The molecule has 3 aromatic rings. The molecule has 1 heterocycles. The number of thiocarbonyl (C=S) groups is 1. The summed E-state index contributed by atoms with van der Waals surface area (Å²) in [5.74, 6) is -1.37. The molecule has 0 saturated carbocycles. The molecule has 1 aliphatic heterocycles. The number of hydrazine groups is 1. The molecular weight excluding hydrogens is 575 g/mol. The van der Waals surface area contributed by atoms with Crippen LogP contribution in [0.25, 0.3) is 0 Å². The highest BCUT2D eigenvalue weighted by Crippen LogP contribution is 2.28. The first-order chi connectivity index (χ1) is 16.7. The summed E-state index contributed by atoms with van der Waals surface area (Å²) in [5.41, 5.74) is 4.03. The van der Waals surface area contributed by atoms with Gasteiger partial charge in [0.25, 0.3) is 11.8 Å². The third kappa shape index (κ3) is 5.82. The molecule has 1 aliphatic rings. The zero-order valence-electron chi connectivity index (χ0n) is 17.9. The van der Waals surface area contributed by atoms with E-state index in [0.29, 0.717) is 27.0 Å². The molecule has 11 heteroatoms. The average Bonchev–Trinajstić information content (AvgIpc) is 3.05. The number of hydrogen-bond acceptors (Lipinski definition) is 4. The minimum Gasteiger partial charge on any atom is -0.326 e. The number of rotatable bonds is 6. The Labute approximate surface area is 225 Å². The van der Waals surface area contributed by atoms with Crippen molar-refractivity contribution in [3.63, 3.8) is 0 Å². The van der Waals surface area contributed by atoms with Gasteiger partial charge in [0.05, 0.1) is 12.1 Å². The van der Waals surface area contributed by atoms with Gasteiger partial charge in [-0.1, -0.05) is 39.1 Å². The molecule has 3 aromatic carbocycles. The summed E-state index contributed by atoms with van der Waals surface area (Å²) in [6.07, 6.45) is -0.258. The van der Waals surface area contributed by atoms with E-state index in [1.54, 1.807) is 72.8 Å². The number of amides is 3. The first kappa shape index (κ1) is 25.1. The fraction of sp³-hybridized carbons (Fsp3) is 0.0833. The molecule has 0 aromatic heterocycles. The molecule has 0 spiro atoms. The van der Waals surface area contributed by atoms with E-state index in [1.807, 2.05) is 0 Å². The lowest BCUT2D eigenvalue weighted by Crippen LogP contribution is -2.49. The van der Waals surface area contributed by atoms with Crippen LogP contribution in [0.15, 0.2) is 77.3 Å². The van der Waals surface area contributed by atoms with Gasteiger partial charge < -0.3 is 5.32 Å². The highest BCUT2D eigenvalue weighted by molar-refractivity contribution is 9.10. The number of hydrogen-bond donors (Lipinski definition) is 2. The van der Waals surface area contributed by atoms with Gasteiger partial charge in [0.1, 0.15) is 6.04 Å². The second-order valence-corrected chi connectivity index (χ2v) is 9.68. The molecule has 4 rings (SSSR count). The van der Waals surface area contributed by atoms with Crippen LogP contribution in [0.2, 0.25) is 10.0 Å². The fourth-order valence-corrected chi connectivity index (χ4v) is 4.31. The zero-order chi connectivity index (χ0) is 25.1. The Bertz CT molecular complexity index is 1290. The molecule has 35 heavy (non-hydrogen) atoms. The van der Waals surface area contributed by atoms with Gasteiger partial charge in [0.2, 0.25) is 11.0 Å². The number of benzene rings is 3. The van der Waals surface area contributed by atoms with Gasteiger partial charge in [0, 0.05) is 25.8 Å². The van der Waals surface area contributed by atoms with Crippen LogP contribution >= 0.6 is 51.3 Å². The first-order valence-corrected chi connectivity index (χ1v) is 12.2. The maximum absolute atomic E-state index is 13.4. The Morgan fingerprint density at radius 2 is 1.49 bits per heavy atom. The lowest BCUT2D eigenvalue weighted by atomic mass is 10.1. The SMILES string of the molecule is O=C(CC1C(=O)N(c2ccc(Cl)cc2)C(=S)N1NC(=O)c1ccc(Br)cc1)Nc1ccc(Cl)cc1. The molecule has 0 aliphatic carbocycles. The van der Waals surface area contributed by atoms with Crippen molar-refractivity contribution in [1.29, 1.82) is 0 Å². The summed E-state index contributed by atoms with van der Waals surface area (Å²) in [4.78, 5) is 40.4. The monoisotopic (exact) mass is 590 g/mol. The summed E-state index contributed by atoms with van der Waals surface area (Å²) >= 11 is 20.8. The van der Waals surface area contributed by atoms with E-state index in [2.05, 4.69) is 26.7 Å². The van der Waals surface area contributed by atoms with E-state index in [4.69, 9.17) is 35.4 Å². The van der Waals surface area contributed by atoms with E-state index < -0.39 is 23.8 Å². The standard InChI is InChI=1S/C24H17BrCl2N4O3S/c25-15-3-1-14(2-4-15)22(33)29-31-20(13-21(32)28-18-9-5-16(26)6-10-18)23(34)30(24(31)35)19-11-7-17(27)8-12-19/h1-12,20H,13H2,(H,28,32)(H,29,33). The van der Waals surface area contributed by atoms with Crippen molar-refractivity contribution in [3.8, 4) is 0 Å². The van der Waals surface area contributed by atoms with Crippen LogP contribution in [-0.2, 0) is 9.59 Å². The molecule has 178 valence electrons. The van der Waals surface area contributed by atoms with Crippen molar-refractivity contribution in [2.24, 2.45) is 0 Å². The van der Waals surface area contributed by atoms with E-state index in [9.17, 15) is 14.4 Å². The van der Waals surface area contributed by atoms with E-state index in [0.717, 1.165) is 4.47 Å². The lowest BCUT2D eigenvalue weighted by molar-refractivity contribution is -0.124. The molecule has 7 nitrogen and oxygen atoms in total. The average molecular weight is 592 g/mol. The summed E-state index contributed by atoms with van der Waals surface area (Å²) < 4.78 is 0.812. The first-order valence-electron chi connectivity index (χ1n) is 10.3. The van der Waals surface area contributed by atoms with Crippen LogP contribution in [0.3, 0.4) is 0 Å². The number of nitrogens with one attached hydrogen (secondary N) is 2. The molecule has 2 N–H and O–H groups in total. The summed E-state index contributed by atoms with van der Waals surface area (Å²) in [6, 6.07) is 18.7. The molecule has 0 bridgehead atoms. The number of anilines is 2. The third-order valence-electron chi connectivity index (χ3n) is 5.13. The maximum Gasteiger partial charge on any atom is 0.269 e. The number of carbonyl (C=O) groups excluding carboxylic acids is 3. The van der Waals surface area contributed by atoms with Crippen molar-refractivity contribution in [2.75, 3.05) is 10.2 Å². The Balaban J connectivity index is 1.59. The van der Waals surface area contributed by atoms with Crippen LogP contribution in [0.1, 0.15) is 16.8 Å². The van der Waals surface area contributed by atoms with Gasteiger partial charge in [-0.15, -0.1) is 0 Å². The van der Waals surface area contributed by atoms with Crippen molar-refractivity contribution in [2.45, 2.75) is 12.5 Å². The molecular formula is C24H17BrCl2N4O3S. The van der Waals surface area contributed by atoms with E-state index in [-0.39, 0.29) is 11.5 Å². The Hall–Kier alpha value is -2.98. The van der Waals surface area contributed by atoms with E-state index in [1.165, 1.54) is 9.91 Å². The number of carbonyl (C=O) groups is 3. The summed E-state index contributed by atoms with van der Waals surface area (Å²) in [7, 11) is 0. The van der Waals surface area contributed by atoms with Crippen molar-refractivity contribution in [3.05, 3.63) is 92.9 Å². The Kier molecular flexibility index (Phi) is 7.71. The van der Waals surface area contributed by atoms with Crippen LogP contribution in [-0.4, -0.2) is 33.9 Å². The largest absolute Gasteiger partial charge is 0.326 e. The smallest absolute Gasteiger partial charge is 0.269 e. The fourth-order valence-electron chi connectivity index (χ4n) is 3.42. The van der Waals surface area contributed by atoms with Crippen molar-refractivity contribution in [1.82, 2.24) is 10.4 Å². The summed E-state index contributed by atoms with van der Waals surface area (Å²) in [5, 5.41) is 5.03. The highest BCUT2D eigenvalue weighted by atomic mass is 79.9. The maximum atomic E-state index is 13.4. The van der Waals surface area contributed by atoms with Crippen LogP contribution in [0, 0.1) is 0 Å². The topological polar surface area (TPSA) is 81.8 Å². The molecule has 1 atom stereocenters. The van der Waals surface area contributed by atoms with Crippen LogP contribution < -0.4 is 15.6 Å². The van der Waals surface area contributed by atoms with Crippen molar-refractivity contribution < 1.29 is 14.4 Å². The van der Waals surface area contributed by atoms with Crippen LogP contribution in [0.4, 0.5) is 11.4 Å². The van der Waals surface area contributed by atoms with Crippen LogP contribution in [0.5, 0.6) is 0 Å². The number of nitrogens with zero attached hydrogens (tertiary/aromatic N) is 2. The van der Waals surface area contributed by atoms with Gasteiger partial charge in [0.15, 0.2) is 0 Å². The molecule has 1 saturated heterocycles. The molecule has 3 amide bonds. The third-order valence-corrected chi connectivity index (χ3v) is 6.55. The molecule has 0 radical (unpaired) electrons. The minimum atomic E-state index is -1.06. The molecule has 1 fully saturated rings. The van der Waals surface area contributed by atoms with Gasteiger partial charge in [-0.25, -0.2) is 5.01 Å². The van der Waals surface area contributed by atoms with Gasteiger partial charge in [-0.2, -0.15) is 0 Å². The zero-order valence-corrected chi connectivity index (χ0v) is 21.8. The van der Waals surface area contributed by atoms with Crippen molar-refractivity contribution >= 4 is 85.6 Å². The predicted octanol–water partition coefficient (Wildman–Crippen LogP) is 5.43. The lowest BCUT2D eigenvalue weighted by Gasteiger charge is -2.24. The highest BCUT2D eigenvalue weighted by Gasteiger charge is 2.45. The minimum absolute atomic E-state index is 0.0343. The Morgan fingerprint density at radius 1 is 0.914 bits per heavy atom. The van der Waals surface area contributed by atoms with E-state index >= 15 is 0 Å². The summed E-state index contributed by atoms with van der Waals surface area (Å²) in [6.45, 7) is 0. The number of halogens is 3. The predicted molar refractivity (Wildman–Crippen MR) is 143 cm³/mol. The molecule has 1 unspecified atom stereocenters.